The second-order valence-corrected chi connectivity index (χ2v) is 6.51. The lowest BCUT2D eigenvalue weighted by Gasteiger charge is -2.31. The maximum atomic E-state index is 12.2. The highest BCUT2D eigenvalue weighted by atomic mass is 79.9. The number of hydrogen-bond acceptors (Lipinski definition) is 3. The van der Waals surface area contributed by atoms with Crippen LogP contribution in [0.15, 0.2) is 15.9 Å². The predicted molar refractivity (Wildman–Crippen MR) is 75.9 cm³/mol. The van der Waals surface area contributed by atoms with Crippen molar-refractivity contribution >= 4 is 39.0 Å². The predicted octanol–water partition coefficient (Wildman–Crippen LogP) is 3.34. The van der Waals surface area contributed by atoms with Crippen molar-refractivity contribution in [3.8, 4) is 0 Å². The molecule has 0 N–H and O–H groups in total. The zero-order chi connectivity index (χ0) is 13.1. The zero-order valence-electron chi connectivity index (χ0n) is 10.3. The molecule has 1 amide bonds. The number of ketones is 1. The topological polar surface area (TPSA) is 37.4 Å². The third-order valence-corrected chi connectivity index (χ3v) is 5.11. The van der Waals surface area contributed by atoms with Crippen molar-refractivity contribution < 1.29 is 9.59 Å². The van der Waals surface area contributed by atoms with E-state index in [1.54, 1.807) is 6.92 Å². The van der Waals surface area contributed by atoms with Crippen molar-refractivity contribution in [1.29, 1.82) is 0 Å². The summed E-state index contributed by atoms with van der Waals surface area (Å²) in [5.41, 5.74) is 0. The quantitative estimate of drug-likeness (QED) is 0.852. The second kappa shape index (κ2) is 5.97. The van der Waals surface area contributed by atoms with E-state index < -0.39 is 0 Å². The summed E-state index contributed by atoms with van der Waals surface area (Å²) < 4.78 is 0.878. The Morgan fingerprint density at radius 2 is 2.11 bits per heavy atom. The van der Waals surface area contributed by atoms with Crippen LogP contribution in [-0.4, -0.2) is 29.7 Å². The minimum absolute atomic E-state index is 0.109. The Labute approximate surface area is 119 Å². The Bertz CT molecular complexity index is 450. The summed E-state index contributed by atoms with van der Waals surface area (Å²) in [6, 6.07) is 1.90. The zero-order valence-corrected chi connectivity index (χ0v) is 12.7. The maximum absolute atomic E-state index is 12.2. The van der Waals surface area contributed by atoms with Gasteiger partial charge in [-0.15, -0.1) is 11.3 Å². The van der Waals surface area contributed by atoms with Crippen LogP contribution in [0.25, 0.3) is 0 Å². The van der Waals surface area contributed by atoms with E-state index in [1.165, 1.54) is 11.3 Å². The summed E-state index contributed by atoms with van der Waals surface area (Å²) in [4.78, 5) is 26.0. The van der Waals surface area contributed by atoms with Gasteiger partial charge in [0.15, 0.2) is 0 Å². The van der Waals surface area contributed by atoms with E-state index in [9.17, 15) is 9.59 Å². The number of piperidine rings is 1. The van der Waals surface area contributed by atoms with Crippen LogP contribution in [0.4, 0.5) is 0 Å². The molecule has 1 aromatic rings. The second-order valence-electron chi connectivity index (χ2n) is 4.74. The van der Waals surface area contributed by atoms with Gasteiger partial charge in [-0.25, -0.2) is 0 Å². The molecule has 1 fully saturated rings. The van der Waals surface area contributed by atoms with Crippen molar-refractivity contribution in [1.82, 2.24) is 4.90 Å². The highest BCUT2D eigenvalue weighted by Crippen LogP contribution is 2.27. The number of rotatable bonds is 3. The summed E-state index contributed by atoms with van der Waals surface area (Å²) in [5, 5.41) is 1.92. The van der Waals surface area contributed by atoms with Gasteiger partial charge in [-0.3, -0.25) is 4.79 Å². The average Bonchev–Trinajstić information content (AvgIpc) is 2.75. The first-order valence-corrected chi connectivity index (χ1v) is 7.77. The summed E-state index contributed by atoms with van der Waals surface area (Å²) in [7, 11) is 0. The first-order chi connectivity index (χ1) is 8.58. The van der Waals surface area contributed by atoms with Gasteiger partial charge < -0.3 is 9.69 Å². The van der Waals surface area contributed by atoms with Crippen LogP contribution in [0.2, 0.25) is 0 Å². The number of thiophene rings is 1. The fourth-order valence-corrected chi connectivity index (χ4v) is 3.84. The third kappa shape index (κ3) is 3.20. The molecular formula is C13H16BrNO2S. The van der Waals surface area contributed by atoms with E-state index in [0.29, 0.717) is 12.3 Å². The van der Waals surface area contributed by atoms with Crippen LogP contribution in [0.1, 0.15) is 35.9 Å². The number of Topliss-reactive ketones (excluding diaryl/α,β-unsaturated/α-hetero) is 1. The van der Waals surface area contributed by atoms with Gasteiger partial charge in [0.1, 0.15) is 10.7 Å². The highest BCUT2D eigenvalue weighted by Gasteiger charge is 2.25. The van der Waals surface area contributed by atoms with E-state index in [2.05, 4.69) is 15.9 Å². The molecule has 1 aliphatic heterocycles. The van der Waals surface area contributed by atoms with Gasteiger partial charge in [0.05, 0.1) is 0 Å². The number of nitrogens with zero attached hydrogens (tertiary/aromatic N) is 1. The molecule has 1 aliphatic rings. The lowest BCUT2D eigenvalue weighted by molar-refractivity contribution is -0.118. The van der Waals surface area contributed by atoms with Gasteiger partial charge in [-0.05, 0) is 53.1 Å². The molecule has 3 nitrogen and oxygen atoms in total. The highest BCUT2D eigenvalue weighted by molar-refractivity contribution is 9.10. The Balaban J connectivity index is 1.92. The average molecular weight is 330 g/mol. The van der Waals surface area contributed by atoms with Crippen molar-refractivity contribution in [2.45, 2.75) is 26.2 Å². The van der Waals surface area contributed by atoms with E-state index in [-0.39, 0.29) is 11.7 Å². The Morgan fingerprint density at radius 1 is 1.44 bits per heavy atom. The van der Waals surface area contributed by atoms with Crippen LogP contribution in [0.3, 0.4) is 0 Å². The molecule has 98 valence electrons. The summed E-state index contributed by atoms with van der Waals surface area (Å²) >= 11 is 4.87. The normalized spacial score (nSPS) is 16.9. The summed E-state index contributed by atoms with van der Waals surface area (Å²) in [5.74, 6) is 0.817. The van der Waals surface area contributed by atoms with Crippen molar-refractivity contribution in [2.24, 2.45) is 5.92 Å². The largest absolute Gasteiger partial charge is 0.338 e. The molecule has 0 aromatic carbocycles. The molecule has 0 saturated carbocycles. The van der Waals surface area contributed by atoms with Crippen LogP contribution in [0.5, 0.6) is 0 Å². The number of amides is 1. The number of hydrogen-bond donors (Lipinski definition) is 0. The molecular weight excluding hydrogens is 314 g/mol. The van der Waals surface area contributed by atoms with Crippen molar-refractivity contribution in [3.63, 3.8) is 0 Å². The van der Waals surface area contributed by atoms with Gasteiger partial charge >= 0.3 is 0 Å². The Morgan fingerprint density at radius 3 is 2.61 bits per heavy atom. The van der Waals surface area contributed by atoms with E-state index in [0.717, 1.165) is 35.3 Å². The number of carbonyl (C=O) groups excluding carboxylic acids is 2. The number of likely N-dealkylation sites (tertiary alicyclic amines) is 1. The Kier molecular flexibility index (Phi) is 4.56. The SMILES string of the molecule is CC(=O)CC1CCN(C(=O)c2sccc2Br)CC1. The molecule has 0 spiro atoms. The first kappa shape index (κ1) is 13.7. The van der Waals surface area contributed by atoms with Crippen LogP contribution < -0.4 is 0 Å². The van der Waals surface area contributed by atoms with Crippen LogP contribution in [-0.2, 0) is 4.79 Å². The fraction of sp³-hybridized carbons (Fsp3) is 0.538. The van der Waals surface area contributed by atoms with Crippen molar-refractivity contribution in [2.75, 3.05) is 13.1 Å². The lowest BCUT2D eigenvalue weighted by atomic mass is 9.92. The standard InChI is InChI=1S/C13H16BrNO2S/c1-9(16)8-10-2-5-15(6-3-10)13(17)12-11(14)4-7-18-12/h4,7,10H,2-3,5-6,8H2,1H3. The minimum atomic E-state index is 0.109. The Hall–Kier alpha value is -0.680. The van der Waals surface area contributed by atoms with Gasteiger partial charge in [0.2, 0.25) is 0 Å². The van der Waals surface area contributed by atoms with Gasteiger partial charge in [-0.1, -0.05) is 0 Å². The summed E-state index contributed by atoms with van der Waals surface area (Å²) in [6.07, 6.45) is 2.54. The van der Waals surface area contributed by atoms with E-state index >= 15 is 0 Å². The molecule has 0 unspecified atom stereocenters. The molecule has 0 aliphatic carbocycles. The fourth-order valence-electron chi connectivity index (χ4n) is 2.34. The summed E-state index contributed by atoms with van der Waals surface area (Å²) in [6.45, 7) is 3.17. The first-order valence-electron chi connectivity index (χ1n) is 6.09. The minimum Gasteiger partial charge on any atom is -0.338 e. The molecule has 1 saturated heterocycles. The number of halogens is 1. The molecule has 2 rings (SSSR count). The van der Waals surface area contributed by atoms with Crippen LogP contribution in [0, 0.1) is 5.92 Å². The smallest absolute Gasteiger partial charge is 0.265 e. The van der Waals surface area contributed by atoms with Gasteiger partial charge in [-0.2, -0.15) is 0 Å². The van der Waals surface area contributed by atoms with Gasteiger partial charge in [0, 0.05) is 24.0 Å². The molecule has 2 heterocycles. The van der Waals surface area contributed by atoms with E-state index in [4.69, 9.17) is 0 Å². The molecule has 0 radical (unpaired) electrons. The molecule has 1 aromatic heterocycles. The molecule has 5 heteroatoms. The van der Waals surface area contributed by atoms with Crippen LogP contribution >= 0.6 is 27.3 Å². The van der Waals surface area contributed by atoms with Gasteiger partial charge in [0.25, 0.3) is 5.91 Å². The number of carbonyl (C=O) groups is 2. The third-order valence-electron chi connectivity index (χ3n) is 3.29. The van der Waals surface area contributed by atoms with E-state index in [1.807, 2.05) is 16.3 Å². The monoisotopic (exact) mass is 329 g/mol. The maximum Gasteiger partial charge on any atom is 0.265 e. The molecule has 0 bridgehead atoms. The van der Waals surface area contributed by atoms with Crippen molar-refractivity contribution in [3.05, 3.63) is 20.8 Å². The molecule has 0 atom stereocenters. The molecule has 18 heavy (non-hydrogen) atoms. The lowest BCUT2D eigenvalue weighted by Crippen LogP contribution is -2.38.